The number of ether oxygens (including phenoxy) is 4. The van der Waals surface area contributed by atoms with Gasteiger partial charge in [0.2, 0.25) is 0 Å². The van der Waals surface area contributed by atoms with Gasteiger partial charge in [0.15, 0.2) is 11.6 Å². The van der Waals surface area contributed by atoms with Gasteiger partial charge in [0.05, 0.1) is 43.7 Å². The number of nitrogens with zero attached hydrogens (tertiary/aromatic N) is 2. The Bertz CT molecular complexity index is 1160. The zero-order chi connectivity index (χ0) is 28.6. The third kappa shape index (κ3) is 10.8. The number of carbonyl (C=O) groups excluding carboxylic acids is 2. The molecule has 0 aliphatic rings. The van der Waals surface area contributed by atoms with Crippen molar-refractivity contribution < 1.29 is 28.5 Å². The first kappa shape index (κ1) is 30.8. The largest absolute Gasteiger partial charge is 0.490 e. The summed E-state index contributed by atoms with van der Waals surface area (Å²) in [5.41, 5.74) is 1.13. The van der Waals surface area contributed by atoms with Gasteiger partial charge in [-0.25, -0.2) is 14.8 Å². The molecule has 0 spiro atoms. The van der Waals surface area contributed by atoms with Gasteiger partial charge in [-0.3, -0.25) is 4.79 Å². The highest BCUT2D eigenvalue weighted by atomic mass is 16.5. The second kappa shape index (κ2) is 17.0. The molecule has 0 fully saturated rings. The van der Waals surface area contributed by atoms with Gasteiger partial charge in [0, 0.05) is 5.56 Å². The fourth-order valence-corrected chi connectivity index (χ4v) is 3.75. The molecule has 0 N–H and O–H groups in total. The average Bonchev–Trinajstić information content (AvgIpc) is 2.97. The quantitative estimate of drug-likeness (QED) is 0.0991. The third-order valence-corrected chi connectivity index (χ3v) is 6.32. The number of unbranched alkanes of at least 4 members (excludes halogenated alkanes) is 5. The van der Waals surface area contributed by atoms with Crippen molar-refractivity contribution in [2.24, 2.45) is 0 Å². The average molecular weight is 549 g/mol. The molecule has 0 bridgehead atoms. The van der Waals surface area contributed by atoms with Gasteiger partial charge in [0.1, 0.15) is 11.5 Å². The molecule has 0 aliphatic carbocycles. The normalized spacial score (nSPS) is 11.6. The van der Waals surface area contributed by atoms with Crippen LogP contribution in [0, 0.1) is 0 Å². The van der Waals surface area contributed by atoms with Crippen molar-refractivity contribution >= 4 is 11.9 Å². The Balaban J connectivity index is 1.43. The minimum atomic E-state index is -0.518. The Morgan fingerprint density at radius 2 is 1.38 bits per heavy atom. The minimum absolute atomic E-state index is 0.105. The lowest BCUT2D eigenvalue weighted by atomic mass is 10.1. The van der Waals surface area contributed by atoms with E-state index in [1.807, 2.05) is 13.8 Å². The number of carbonyl (C=O) groups is 2. The number of hydrogen-bond donors (Lipinski definition) is 0. The summed E-state index contributed by atoms with van der Waals surface area (Å²) in [5.74, 6) is 1.05. The number of esters is 2. The molecule has 0 saturated carbocycles. The lowest BCUT2D eigenvalue weighted by molar-refractivity contribution is -0.135. The van der Waals surface area contributed by atoms with Crippen LogP contribution in [0.5, 0.6) is 17.2 Å². The van der Waals surface area contributed by atoms with E-state index in [2.05, 4.69) is 16.9 Å². The molecule has 40 heavy (non-hydrogen) atoms. The Morgan fingerprint density at radius 3 is 2.05 bits per heavy atom. The van der Waals surface area contributed by atoms with Crippen molar-refractivity contribution in [1.29, 1.82) is 0 Å². The standard InChI is InChI=1S/C32H40N2O6/c1-4-6-7-8-9-10-20-38-29-22-33-31(34-23-29)25-11-15-28(16-12-25)40-32(36)26-13-17-27(18-14-26)39-30(35)19-21-37-24(3)5-2/h11-18,22-24H,4-10,19-21H2,1-3H3/t24-/m0/s1. The van der Waals surface area contributed by atoms with E-state index in [0.717, 1.165) is 18.4 Å². The summed E-state index contributed by atoms with van der Waals surface area (Å²) in [6, 6.07) is 13.2. The summed E-state index contributed by atoms with van der Waals surface area (Å²) in [6.07, 6.45) is 11.8. The maximum absolute atomic E-state index is 12.6. The zero-order valence-corrected chi connectivity index (χ0v) is 23.8. The van der Waals surface area contributed by atoms with E-state index in [-0.39, 0.29) is 12.5 Å². The minimum Gasteiger partial charge on any atom is -0.490 e. The summed E-state index contributed by atoms with van der Waals surface area (Å²) >= 11 is 0. The molecular weight excluding hydrogens is 508 g/mol. The smallest absolute Gasteiger partial charge is 0.343 e. The van der Waals surface area contributed by atoms with Crippen molar-refractivity contribution in [2.45, 2.75) is 78.2 Å². The van der Waals surface area contributed by atoms with Crippen molar-refractivity contribution in [1.82, 2.24) is 9.97 Å². The number of rotatable bonds is 17. The second-order valence-electron chi connectivity index (χ2n) is 9.61. The number of hydrogen-bond acceptors (Lipinski definition) is 8. The van der Waals surface area contributed by atoms with Gasteiger partial charge in [-0.1, -0.05) is 46.0 Å². The molecule has 0 aliphatic heterocycles. The van der Waals surface area contributed by atoms with Crippen LogP contribution in [0.4, 0.5) is 0 Å². The van der Waals surface area contributed by atoms with Crippen LogP contribution in [-0.2, 0) is 9.53 Å². The fourth-order valence-electron chi connectivity index (χ4n) is 3.75. The van der Waals surface area contributed by atoms with Crippen molar-refractivity contribution in [2.75, 3.05) is 13.2 Å². The van der Waals surface area contributed by atoms with E-state index in [0.29, 0.717) is 41.9 Å². The first-order valence-corrected chi connectivity index (χ1v) is 14.2. The highest BCUT2D eigenvalue weighted by Crippen LogP contribution is 2.22. The Kier molecular flexibility index (Phi) is 13.1. The molecule has 0 unspecified atom stereocenters. The summed E-state index contributed by atoms with van der Waals surface area (Å²) in [5, 5.41) is 0. The van der Waals surface area contributed by atoms with Crippen molar-refractivity contribution in [3.8, 4) is 28.6 Å². The van der Waals surface area contributed by atoms with Crippen molar-refractivity contribution in [3.63, 3.8) is 0 Å². The molecule has 8 nitrogen and oxygen atoms in total. The SMILES string of the molecule is CCCCCCCCOc1cnc(-c2ccc(OC(=O)c3ccc(OC(=O)CCO[C@@H](C)CC)cc3)cc2)nc1. The molecule has 214 valence electrons. The first-order valence-electron chi connectivity index (χ1n) is 14.2. The molecule has 8 heteroatoms. The van der Waals surface area contributed by atoms with E-state index in [1.165, 1.54) is 32.1 Å². The Labute approximate surface area is 237 Å². The van der Waals surface area contributed by atoms with Crippen LogP contribution in [0.25, 0.3) is 11.4 Å². The monoisotopic (exact) mass is 548 g/mol. The van der Waals surface area contributed by atoms with Gasteiger partial charge >= 0.3 is 11.9 Å². The zero-order valence-electron chi connectivity index (χ0n) is 23.8. The van der Waals surface area contributed by atoms with E-state index in [9.17, 15) is 9.59 Å². The van der Waals surface area contributed by atoms with Gasteiger partial charge in [-0.15, -0.1) is 0 Å². The highest BCUT2D eigenvalue weighted by molar-refractivity contribution is 5.91. The second-order valence-corrected chi connectivity index (χ2v) is 9.61. The molecule has 3 aromatic rings. The topological polar surface area (TPSA) is 96.8 Å². The van der Waals surface area contributed by atoms with Gasteiger partial charge in [0.25, 0.3) is 0 Å². The summed E-state index contributed by atoms with van der Waals surface area (Å²) in [7, 11) is 0. The van der Waals surface area contributed by atoms with E-state index >= 15 is 0 Å². The van der Waals surface area contributed by atoms with Crippen LogP contribution in [0.3, 0.4) is 0 Å². The van der Waals surface area contributed by atoms with Gasteiger partial charge in [-0.05, 0) is 68.3 Å². The molecule has 1 aromatic heterocycles. The van der Waals surface area contributed by atoms with Crippen LogP contribution >= 0.6 is 0 Å². The van der Waals surface area contributed by atoms with Crippen LogP contribution in [0.2, 0.25) is 0 Å². The van der Waals surface area contributed by atoms with Crippen LogP contribution in [-0.4, -0.2) is 41.2 Å². The van der Waals surface area contributed by atoms with Crippen molar-refractivity contribution in [3.05, 3.63) is 66.5 Å². The maximum atomic E-state index is 12.6. The Hall–Kier alpha value is -3.78. The lowest BCUT2D eigenvalue weighted by Crippen LogP contribution is -2.15. The van der Waals surface area contributed by atoms with E-state index < -0.39 is 11.9 Å². The van der Waals surface area contributed by atoms with E-state index in [1.54, 1.807) is 60.9 Å². The fraction of sp³-hybridized carbons (Fsp3) is 0.438. The molecule has 0 radical (unpaired) electrons. The summed E-state index contributed by atoms with van der Waals surface area (Å²) < 4.78 is 22.0. The molecular formula is C32H40N2O6. The van der Waals surface area contributed by atoms with Gasteiger partial charge < -0.3 is 18.9 Å². The third-order valence-electron chi connectivity index (χ3n) is 6.32. The molecule has 3 rings (SSSR count). The van der Waals surface area contributed by atoms with E-state index in [4.69, 9.17) is 18.9 Å². The molecule has 0 saturated heterocycles. The molecule has 2 aromatic carbocycles. The first-order chi connectivity index (χ1) is 19.5. The molecule has 1 heterocycles. The number of aromatic nitrogens is 2. The summed E-state index contributed by atoms with van der Waals surface area (Å²) in [6.45, 7) is 7.16. The van der Waals surface area contributed by atoms with Gasteiger partial charge in [-0.2, -0.15) is 0 Å². The molecule has 1 atom stereocenters. The van der Waals surface area contributed by atoms with Crippen LogP contribution in [0.15, 0.2) is 60.9 Å². The van der Waals surface area contributed by atoms with Crippen LogP contribution in [0.1, 0.15) is 82.5 Å². The predicted molar refractivity (Wildman–Crippen MR) is 154 cm³/mol. The summed E-state index contributed by atoms with van der Waals surface area (Å²) in [4.78, 5) is 33.3. The Morgan fingerprint density at radius 1 is 0.750 bits per heavy atom. The maximum Gasteiger partial charge on any atom is 0.343 e. The lowest BCUT2D eigenvalue weighted by Gasteiger charge is -2.10. The number of benzene rings is 2. The molecule has 0 amide bonds. The highest BCUT2D eigenvalue weighted by Gasteiger charge is 2.12. The van der Waals surface area contributed by atoms with Crippen LogP contribution < -0.4 is 14.2 Å². The predicted octanol–water partition coefficient (Wildman–Crippen LogP) is 7.21.